The Morgan fingerprint density at radius 1 is 0.800 bits per heavy atom. The first-order valence-electron chi connectivity index (χ1n) is 4.71. The van der Waals surface area contributed by atoms with Crippen LogP contribution in [0.3, 0.4) is 0 Å². The molecule has 56 valence electrons. The molecule has 3 aliphatic rings. The van der Waals surface area contributed by atoms with Crippen molar-refractivity contribution in [2.75, 3.05) is 0 Å². The molecule has 1 aliphatic carbocycles. The molecule has 0 unspecified atom stereocenters. The second kappa shape index (κ2) is 1.76. The number of hydrogen-bond donors (Lipinski definition) is 1. The Kier molecular flexibility index (Phi) is 0.984. The topological polar surface area (TPSA) is 12.0 Å². The second-order valence-corrected chi connectivity index (χ2v) is 4.22. The van der Waals surface area contributed by atoms with Gasteiger partial charge in [-0.2, -0.15) is 0 Å². The third-order valence-electron chi connectivity index (χ3n) is 3.88. The van der Waals surface area contributed by atoms with E-state index in [1.165, 1.54) is 32.1 Å². The quantitative estimate of drug-likeness (QED) is 0.534. The molecule has 3 rings (SSSR count). The molecule has 1 N–H and O–H groups in total. The highest BCUT2D eigenvalue weighted by Gasteiger charge is 2.48. The zero-order chi connectivity index (χ0) is 6.55. The number of nitrogens with one attached hydrogen (secondary N) is 1. The van der Waals surface area contributed by atoms with E-state index in [1.807, 2.05) is 0 Å². The summed E-state index contributed by atoms with van der Waals surface area (Å²) in [7, 11) is 0. The first kappa shape index (κ1) is 5.59. The average molecular weight is 137 g/mol. The van der Waals surface area contributed by atoms with Gasteiger partial charge < -0.3 is 5.32 Å². The van der Waals surface area contributed by atoms with Gasteiger partial charge in [0, 0.05) is 12.1 Å². The predicted molar refractivity (Wildman–Crippen MR) is 40.8 cm³/mol. The van der Waals surface area contributed by atoms with E-state index in [1.54, 1.807) is 0 Å². The normalized spacial score (nSPS) is 57.6. The summed E-state index contributed by atoms with van der Waals surface area (Å²) >= 11 is 0. The van der Waals surface area contributed by atoms with Crippen molar-refractivity contribution >= 4 is 0 Å². The molecular weight excluding hydrogens is 122 g/mol. The fourth-order valence-electron chi connectivity index (χ4n) is 3.49. The molecule has 0 amide bonds. The van der Waals surface area contributed by atoms with Gasteiger partial charge in [0.1, 0.15) is 0 Å². The minimum atomic E-state index is 0.942. The molecule has 0 aromatic carbocycles. The van der Waals surface area contributed by atoms with Crippen LogP contribution >= 0.6 is 0 Å². The van der Waals surface area contributed by atoms with Crippen LogP contribution in [0.15, 0.2) is 0 Å². The number of fused-ring (bicyclic) bond motifs is 5. The van der Waals surface area contributed by atoms with Crippen molar-refractivity contribution < 1.29 is 0 Å². The lowest BCUT2D eigenvalue weighted by molar-refractivity contribution is 0.330. The van der Waals surface area contributed by atoms with Crippen molar-refractivity contribution in [1.29, 1.82) is 0 Å². The Labute approximate surface area is 62.2 Å². The van der Waals surface area contributed by atoms with E-state index in [9.17, 15) is 0 Å². The minimum absolute atomic E-state index is 0.942. The Balaban J connectivity index is 1.92. The highest BCUT2D eigenvalue weighted by atomic mass is 15.0. The Morgan fingerprint density at radius 2 is 1.40 bits per heavy atom. The van der Waals surface area contributed by atoms with Crippen LogP contribution in [-0.2, 0) is 0 Å². The Bertz CT molecular complexity index is 139. The van der Waals surface area contributed by atoms with Gasteiger partial charge in [-0.25, -0.2) is 0 Å². The summed E-state index contributed by atoms with van der Waals surface area (Å²) in [5.41, 5.74) is 0. The highest BCUT2D eigenvalue weighted by molar-refractivity contribution is 5.05. The summed E-state index contributed by atoms with van der Waals surface area (Å²) in [5.74, 6) is 2.19. The van der Waals surface area contributed by atoms with Crippen molar-refractivity contribution in [2.45, 2.75) is 44.2 Å². The summed E-state index contributed by atoms with van der Waals surface area (Å²) in [6, 6.07) is 1.88. The van der Waals surface area contributed by atoms with Crippen LogP contribution < -0.4 is 5.32 Å². The maximum Gasteiger partial charge on any atom is 0.0102 e. The predicted octanol–water partition coefficient (Wildman–Crippen LogP) is 1.54. The van der Waals surface area contributed by atoms with Gasteiger partial charge in [0.15, 0.2) is 0 Å². The Morgan fingerprint density at radius 3 is 2.00 bits per heavy atom. The van der Waals surface area contributed by atoms with Crippen LogP contribution in [0, 0.1) is 11.8 Å². The third kappa shape index (κ3) is 0.531. The third-order valence-corrected chi connectivity index (χ3v) is 3.88. The smallest absolute Gasteiger partial charge is 0.0102 e. The summed E-state index contributed by atoms with van der Waals surface area (Å²) in [6.45, 7) is 0. The first-order valence-corrected chi connectivity index (χ1v) is 4.71. The van der Waals surface area contributed by atoms with Gasteiger partial charge in [-0.1, -0.05) is 6.42 Å². The van der Waals surface area contributed by atoms with E-state index in [0.717, 1.165) is 23.9 Å². The fourth-order valence-corrected chi connectivity index (χ4v) is 3.49. The van der Waals surface area contributed by atoms with Crippen LogP contribution in [-0.4, -0.2) is 12.1 Å². The molecule has 1 nitrogen and oxygen atoms in total. The lowest BCUT2D eigenvalue weighted by atomic mass is 9.82. The molecule has 2 aliphatic heterocycles. The van der Waals surface area contributed by atoms with Crippen molar-refractivity contribution in [1.82, 2.24) is 5.32 Å². The maximum absolute atomic E-state index is 3.73. The number of rotatable bonds is 0. The van der Waals surface area contributed by atoms with Gasteiger partial charge in [-0.05, 0) is 37.5 Å². The van der Waals surface area contributed by atoms with E-state index in [4.69, 9.17) is 0 Å². The SMILES string of the molecule is C1C[C@@H]2[C@H](C1)[C@@H]1CC[C@H]2N1. The van der Waals surface area contributed by atoms with E-state index in [-0.39, 0.29) is 0 Å². The minimum Gasteiger partial charge on any atom is -0.311 e. The van der Waals surface area contributed by atoms with Gasteiger partial charge in [0.05, 0.1) is 0 Å². The molecule has 2 saturated heterocycles. The van der Waals surface area contributed by atoms with E-state index in [0.29, 0.717) is 0 Å². The molecular formula is C9H15N. The molecule has 0 aromatic rings. The molecule has 0 radical (unpaired) electrons. The van der Waals surface area contributed by atoms with E-state index in [2.05, 4.69) is 5.32 Å². The van der Waals surface area contributed by atoms with Crippen molar-refractivity contribution in [3.63, 3.8) is 0 Å². The van der Waals surface area contributed by atoms with Crippen LogP contribution in [0.25, 0.3) is 0 Å². The monoisotopic (exact) mass is 137 g/mol. The van der Waals surface area contributed by atoms with Gasteiger partial charge in [-0.3, -0.25) is 0 Å². The molecule has 1 heteroatoms. The zero-order valence-corrected chi connectivity index (χ0v) is 6.34. The maximum atomic E-state index is 3.73. The van der Waals surface area contributed by atoms with Gasteiger partial charge in [0.25, 0.3) is 0 Å². The highest BCUT2D eigenvalue weighted by Crippen LogP contribution is 2.47. The standard InChI is InChI=1S/C9H15N/c1-2-6-7(3-1)9-5-4-8(6)10-9/h6-10H,1-5H2/t6-,7+,8-,9+. The molecule has 0 aromatic heterocycles. The molecule has 10 heavy (non-hydrogen) atoms. The summed E-state index contributed by atoms with van der Waals surface area (Å²) in [5, 5.41) is 3.73. The molecule has 0 spiro atoms. The van der Waals surface area contributed by atoms with Crippen molar-refractivity contribution in [3.05, 3.63) is 0 Å². The lowest BCUT2D eigenvalue weighted by Gasteiger charge is -2.21. The van der Waals surface area contributed by atoms with E-state index >= 15 is 0 Å². The molecule has 3 fully saturated rings. The zero-order valence-electron chi connectivity index (χ0n) is 6.34. The largest absolute Gasteiger partial charge is 0.311 e. The summed E-state index contributed by atoms with van der Waals surface area (Å²) in [4.78, 5) is 0. The van der Waals surface area contributed by atoms with Gasteiger partial charge >= 0.3 is 0 Å². The van der Waals surface area contributed by atoms with Crippen LogP contribution in [0.4, 0.5) is 0 Å². The average Bonchev–Trinajstić information content (AvgIpc) is 2.60. The van der Waals surface area contributed by atoms with Crippen molar-refractivity contribution in [2.24, 2.45) is 11.8 Å². The lowest BCUT2D eigenvalue weighted by Crippen LogP contribution is -2.22. The molecule has 2 bridgehead atoms. The van der Waals surface area contributed by atoms with E-state index < -0.39 is 0 Å². The first-order chi connectivity index (χ1) is 4.95. The fraction of sp³-hybridized carbons (Fsp3) is 1.00. The van der Waals surface area contributed by atoms with Crippen LogP contribution in [0.5, 0.6) is 0 Å². The molecule has 4 atom stereocenters. The van der Waals surface area contributed by atoms with Gasteiger partial charge in [-0.15, -0.1) is 0 Å². The number of hydrogen-bond acceptors (Lipinski definition) is 1. The van der Waals surface area contributed by atoms with Crippen LogP contribution in [0.1, 0.15) is 32.1 Å². The summed E-state index contributed by atoms with van der Waals surface area (Å²) in [6.07, 6.45) is 7.53. The Hall–Kier alpha value is -0.0400. The molecule has 1 saturated carbocycles. The molecule has 2 heterocycles. The van der Waals surface area contributed by atoms with Crippen molar-refractivity contribution in [3.8, 4) is 0 Å². The summed E-state index contributed by atoms with van der Waals surface area (Å²) < 4.78 is 0. The van der Waals surface area contributed by atoms with Crippen LogP contribution in [0.2, 0.25) is 0 Å². The second-order valence-electron chi connectivity index (χ2n) is 4.22. The van der Waals surface area contributed by atoms with Gasteiger partial charge in [0.2, 0.25) is 0 Å².